The molecule has 0 aromatic carbocycles. The summed E-state index contributed by atoms with van der Waals surface area (Å²) < 4.78 is 34.5. The van der Waals surface area contributed by atoms with E-state index in [4.69, 9.17) is 4.74 Å². The third-order valence-corrected chi connectivity index (χ3v) is 7.37. The van der Waals surface area contributed by atoms with Gasteiger partial charge in [-0.2, -0.15) is 22.1 Å². The van der Waals surface area contributed by atoms with Crippen LogP contribution in [0.5, 0.6) is 0 Å². The first-order valence-corrected chi connectivity index (χ1v) is 11.0. The maximum atomic E-state index is 12.9. The Morgan fingerprint density at radius 1 is 1.11 bits per heavy atom. The molecule has 0 bridgehead atoms. The third-order valence-electron chi connectivity index (χ3n) is 5.40. The summed E-state index contributed by atoms with van der Waals surface area (Å²) in [5, 5.41) is 7.09. The summed E-state index contributed by atoms with van der Waals surface area (Å²) in [7, 11) is -3.54. The smallest absolute Gasteiger partial charge is 0.282 e. The van der Waals surface area contributed by atoms with Gasteiger partial charge in [-0.1, -0.05) is 0 Å². The van der Waals surface area contributed by atoms with E-state index in [9.17, 15) is 13.2 Å². The van der Waals surface area contributed by atoms with Crippen molar-refractivity contribution in [3.8, 4) is 0 Å². The van der Waals surface area contributed by atoms with E-state index in [-0.39, 0.29) is 18.1 Å². The second-order valence-electron chi connectivity index (χ2n) is 7.76. The van der Waals surface area contributed by atoms with E-state index in [0.717, 1.165) is 18.5 Å². The summed E-state index contributed by atoms with van der Waals surface area (Å²) in [5.74, 6) is 0.378. The highest BCUT2D eigenvalue weighted by molar-refractivity contribution is 7.86. The SMILES string of the molecule is CC1CN(S(=O)(=O)N2CCN(C(=O)c3cc(C4CC4)[nH]n3)CC2)CC(C)O1. The van der Waals surface area contributed by atoms with Gasteiger partial charge in [0.25, 0.3) is 16.1 Å². The molecule has 3 fully saturated rings. The highest BCUT2D eigenvalue weighted by atomic mass is 32.2. The van der Waals surface area contributed by atoms with Crippen LogP contribution in [0.25, 0.3) is 0 Å². The van der Waals surface area contributed by atoms with E-state index < -0.39 is 10.2 Å². The molecule has 3 aliphatic rings. The van der Waals surface area contributed by atoms with Crippen LogP contribution in [0.2, 0.25) is 0 Å². The summed E-state index contributed by atoms with van der Waals surface area (Å²) >= 11 is 0. The van der Waals surface area contributed by atoms with Crippen LogP contribution < -0.4 is 0 Å². The molecular weight excluding hydrogens is 370 g/mol. The first-order valence-electron chi connectivity index (χ1n) is 9.60. The molecule has 4 rings (SSSR count). The molecule has 0 spiro atoms. The Balaban J connectivity index is 1.36. The van der Waals surface area contributed by atoms with Gasteiger partial charge >= 0.3 is 0 Å². The topological polar surface area (TPSA) is 98.8 Å². The minimum absolute atomic E-state index is 0.119. The lowest BCUT2D eigenvalue weighted by Crippen LogP contribution is -2.57. The predicted molar refractivity (Wildman–Crippen MR) is 98.5 cm³/mol. The molecule has 150 valence electrons. The summed E-state index contributed by atoms with van der Waals surface area (Å²) in [5.41, 5.74) is 1.44. The number of aromatic nitrogens is 2. The monoisotopic (exact) mass is 397 g/mol. The van der Waals surface area contributed by atoms with Gasteiger partial charge in [-0.3, -0.25) is 9.89 Å². The molecular formula is C17H27N5O4S. The first kappa shape index (κ1) is 18.9. The number of morpholine rings is 1. The van der Waals surface area contributed by atoms with Crippen molar-refractivity contribution in [3.63, 3.8) is 0 Å². The van der Waals surface area contributed by atoms with Crippen LogP contribution in [0.4, 0.5) is 0 Å². The van der Waals surface area contributed by atoms with Gasteiger partial charge in [0.2, 0.25) is 0 Å². The van der Waals surface area contributed by atoms with Gasteiger partial charge in [-0.15, -0.1) is 0 Å². The second-order valence-corrected chi connectivity index (χ2v) is 9.68. The van der Waals surface area contributed by atoms with E-state index in [1.54, 1.807) is 4.90 Å². The molecule has 1 N–H and O–H groups in total. The van der Waals surface area contributed by atoms with E-state index in [1.807, 2.05) is 19.9 Å². The standard InChI is InChI=1S/C17H27N5O4S/c1-12-10-22(11-13(2)26-12)27(24,25)21-7-5-20(6-8-21)17(23)16-9-15(18-19-16)14-3-4-14/h9,12-14H,3-8,10-11H2,1-2H3,(H,18,19). The number of carbonyl (C=O) groups excluding carboxylic acids is 1. The molecule has 1 amide bonds. The number of rotatable bonds is 4. The molecule has 1 saturated carbocycles. The molecule has 0 radical (unpaired) electrons. The molecule has 1 aromatic heterocycles. The van der Waals surface area contributed by atoms with Crippen LogP contribution >= 0.6 is 0 Å². The van der Waals surface area contributed by atoms with E-state index in [1.165, 1.54) is 8.61 Å². The molecule has 9 nitrogen and oxygen atoms in total. The summed E-state index contributed by atoms with van der Waals surface area (Å²) in [6, 6.07) is 1.83. The zero-order chi connectivity index (χ0) is 19.2. The van der Waals surface area contributed by atoms with Gasteiger partial charge in [0.15, 0.2) is 0 Å². The number of aromatic amines is 1. The van der Waals surface area contributed by atoms with E-state index >= 15 is 0 Å². The van der Waals surface area contributed by atoms with Crippen molar-refractivity contribution >= 4 is 16.1 Å². The summed E-state index contributed by atoms with van der Waals surface area (Å²) in [4.78, 5) is 14.3. The quantitative estimate of drug-likeness (QED) is 0.793. The number of hydrogen-bond donors (Lipinski definition) is 1. The Bertz CT molecular complexity index is 788. The van der Waals surface area contributed by atoms with Crippen molar-refractivity contribution < 1.29 is 17.9 Å². The molecule has 2 unspecified atom stereocenters. The van der Waals surface area contributed by atoms with E-state index in [2.05, 4.69) is 10.2 Å². The lowest BCUT2D eigenvalue weighted by molar-refractivity contribution is -0.0457. The van der Waals surface area contributed by atoms with Crippen LogP contribution in [-0.4, -0.2) is 89.5 Å². The van der Waals surface area contributed by atoms with Gasteiger partial charge in [0, 0.05) is 50.9 Å². The second kappa shape index (κ2) is 7.16. The Kier molecular flexibility index (Phi) is 5.00. The number of nitrogens with one attached hydrogen (secondary N) is 1. The highest BCUT2D eigenvalue weighted by Crippen LogP contribution is 2.39. The lowest BCUT2D eigenvalue weighted by Gasteiger charge is -2.40. The van der Waals surface area contributed by atoms with Crippen molar-refractivity contribution in [2.75, 3.05) is 39.3 Å². The average Bonchev–Trinajstić information content (AvgIpc) is 3.37. The van der Waals surface area contributed by atoms with Crippen molar-refractivity contribution in [2.24, 2.45) is 0 Å². The highest BCUT2D eigenvalue weighted by Gasteiger charge is 2.37. The number of nitrogens with zero attached hydrogens (tertiary/aromatic N) is 4. The van der Waals surface area contributed by atoms with Crippen LogP contribution in [0.3, 0.4) is 0 Å². The Labute approximate surface area is 159 Å². The normalized spacial score (nSPS) is 28.4. The van der Waals surface area contributed by atoms with Gasteiger partial charge in [-0.05, 0) is 32.8 Å². The lowest BCUT2D eigenvalue weighted by atomic mass is 10.2. The number of piperazine rings is 1. The van der Waals surface area contributed by atoms with Crippen molar-refractivity contribution in [3.05, 3.63) is 17.5 Å². The molecule has 3 heterocycles. The summed E-state index contributed by atoms with van der Waals surface area (Å²) in [6.45, 7) is 5.84. The minimum atomic E-state index is -3.54. The van der Waals surface area contributed by atoms with Gasteiger partial charge < -0.3 is 9.64 Å². The maximum absolute atomic E-state index is 12.9. The van der Waals surface area contributed by atoms with Crippen LogP contribution in [0.15, 0.2) is 6.07 Å². The van der Waals surface area contributed by atoms with Crippen molar-refractivity contribution in [2.45, 2.75) is 44.8 Å². The van der Waals surface area contributed by atoms with Crippen molar-refractivity contribution in [1.29, 1.82) is 0 Å². The first-order chi connectivity index (χ1) is 12.8. The fourth-order valence-electron chi connectivity index (χ4n) is 3.82. The average molecular weight is 398 g/mol. The Morgan fingerprint density at radius 2 is 1.74 bits per heavy atom. The molecule has 2 saturated heterocycles. The summed E-state index contributed by atoms with van der Waals surface area (Å²) in [6.07, 6.45) is 2.05. The third kappa shape index (κ3) is 3.89. The van der Waals surface area contributed by atoms with Crippen molar-refractivity contribution in [1.82, 2.24) is 23.7 Å². The maximum Gasteiger partial charge on any atom is 0.282 e. The minimum Gasteiger partial charge on any atom is -0.373 e. The molecule has 2 aliphatic heterocycles. The van der Waals surface area contributed by atoms with Gasteiger partial charge in [0.05, 0.1) is 12.2 Å². The largest absolute Gasteiger partial charge is 0.373 e. The van der Waals surface area contributed by atoms with Gasteiger partial charge in [0.1, 0.15) is 5.69 Å². The zero-order valence-corrected chi connectivity index (χ0v) is 16.6. The Hall–Kier alpha value is -1.49. The fourth-order valence-corrected chi connectivity index (χ4v) is 5.56. The van der Waals surface area contributed by atoms with Crippen LogP contribution in [0, 0.1) is 0 Å². The predicted octanol–water partition coefficient (Wildman–Crippen LogP) is 0.399. The number of carbonyl (C=O) groups is 1. The van der Waals surface area contributed by atoms with Gasteiger partial charge in [-0.25, -0.2) is 0 Å². The van der Waals surface area contributed by atoms with Crippen LogP contribution in [0.1, 0.15) is 48.8 Å². The molecule has 1 aliphatic carbocycles. The molecule has 10 heteroatoms. The Morgan fingerprint density at radius 3 is 2.33 bits per heavy atom. The van der Waals surface area contributed by atoms with E-state index in [0.29, 0.717) is 50.9 Å². The molecule has 2 atom stereocenters. The number of H-pyrrole nitrogens is 1. The molecule has 1 aromatic rings. The number of amides is 1. The fraction of sp³-hybridized carbons (Fsp3) is 0.765. The van der Waals surface area contributed by atoms with Crippen LogP contribution in [-0.2, 0) is 14.9 Å². The zero-order valence-electron chi connectivity index (χ0n) is 15.8. The number of ether oxygens (including phenoxy) is 1. The molecule has 27 heavy (non-hydrogen) atoms. The number of hydrogen-bond acceptors (Lipinski definition) is 5.